The Morgan fingerprint density at radius 1 is 1.40 bits per heavy atom. The summed E-state index contributed by atoms with van der Waals surface area (Å²) >= 11 is 0. The Labute approximate surface area is 147 Å². The Morgan fingerprint density at radius 2 is 2.24 bits per heavy atom. The molecule has 0 fully saturated rings. The molecule has 0 saturated heterocycles. The third-order valence-electron chi connectivity index (χ3n) is 4.17. The summed E-state index contributed by atoms with van der Waals surface area (Å²) in [4.78, 5) is -0.0747. The average Bonchev–Trinajstić information content (AvgIpc) is 2.93. The van der Waals surface area contributed by atoms with Crippen LogP contribution in [0.4, 0.5) is 4.39 Å². The summed E-state index contributed by atoms with van der Waals surface area (Å²) in [6, 6.07) is 4.97. The molecule has 0 atom stereocenters. The van der Waals surface area contributed by atoms with Gasteiger partial charge in [-0.2, -0.15) is 5.10 Å². The fourth-order valence-corrected chi connectivity index (χ4v) is 4.06. The molecule has 0 amide bonds. The van der Waals surface area contributed by atoms with E-state index in [-0.39, 0.29) is 11.4 Å². The first kappa shape index (κ1) is 18.0. The second kappa shape index (κ2) is 7.63. The molecule has 2 aromatic rings. The van der Waals surface area contributed by atoms with Crippen LogP contribution in [0.2, 0.25) is 0 Å². The van der Waals surface area contributed by atoms with Crippen molar-refractivity contribution in [3.8, 4) is 0 Å². The molecular weight excluding hydrogens is 345 g/mol. The van der Waals surface area contributed by atoms with Crippen molar-refractivity contribution in [2.75, 3.05) is 13.2 Å². The number of nitrogens with zero attached hydrogens (tertiary/aromatic N) is 2. The molecule has 136 valence electrons. The standard InChI is InChI=1S/C17H22FN3O3S/c1-2-9-21-17-7-10-24-12-15(17)16(20-21)6-8-19-25(22,23)14-5-3-4-13(18)11-14/h3-5,11,19H,2,6-10,12H2,1H3. The molecule has 6 nitrogen and oxygen atoms in total. The van der Waals surface area contributed by atoms with E-state index in [1.165, 1.54) is 23.9 Å². The number of rotatable bonds is 7. The summed E-state index contributed by atoms with van der Waals surface area (Å²) in [5.74, 6) is -0.576. The molecule has 1 aromatic carbocycles. The van der Waals surface area contributed by atoms with E-state index < -0.39 is 15.8 Å². The summed E-state index contributed by atoms with van der Waals surface area (Å²) in [7, 11) is -3.73. The lowest BCUT2D eigenvalue weighted by Gasteiger charge is -2.15. The van der Waals surface area contributed by atoms with E-state index in [0.717, 1.165) is 36.7 Å². The van der Waals surface area contributed by atoms with Gasteiger partial charge in [0, 0.05) is 37.2 Å². The smallest absolute Gasteiger partial charge is 0.240 e. The zero-order valence-corrected chi connectivity index (χ0v) is 15.0. The lowest BCUT2D eigenvalue weighted by atomic mass is 10.1. The van der Waals surface area contributed by atoms with Crippen LogP contribution in [-0.4, -0.2) is 31.3 Å². The normalized spacial score (nSPS) is 14.5. The second-order valence-electron chi connectivity index (χ2n) is 6.00. The highest BCUT2D eigenvalue weighted by molar-refractivity contribution is 7.89. The number of hydrogen-bond acceptors (Lipinski definition) is 4. The summed E-state index contributed by atoms with van der Waals surface area (Å²) in [5, 5.41) is 4.63. The monoisotopic (exact) mass is 367 g/mol. The number of fused-ring (bicyclic) bond motifs is 1. The molecule has 0 aliphatic carbocycles. The molecule has 1 aliphatic rings. The molecule has 0 radical (unpaired) electrons. The molecule has 3 rings (SSSR count). The van der Waals surface area contributed by atoms with Gasteiger partial charge in [0.15, 0.2) is 0 Å². The van der Waals surface area contributed by atoms with E-state index in [1.807, 2.05) is 4.68 Å². The van der Waals surface area contributed by atoms with Crippen LogP contribution in [0.15, 0.2) is 29.2 Å². The Bertz CT molecular complexity index is 849. The number of aryl methyl sites for hydroxylation is 1. The van der Waals surface area contributed by atoms with Gasteiger partial charge in [0.25, 0.3) is 0 Å². The quantitative estimate of drug-likeness (QED) is 0.813. The lowest BCUT2D eigenvalue weighted by Crippen LogP contribution is -2.26. The Balaban J connectivity index is 1.70. The summed E-state index contributed by atoms with van der Waals surface area (Å²) in [6.45, 7) is 4.35. The third-order valence-corrected chi connectivity index (χ3v) is 5.63. The van der Waals surface area contributed by atoms with Crippen LogP contribution in [0.3, 0.4) is 0 Å². The first-order valence-corrected chi connectivity index (χ1v) is 9.90. The maximum atomic E-state index is 13.2. The SMILES string of the molecule is CCCn1nc(CCNS(=O)(=O)c2cccc(F)c2)c2c1CCOC2. The minimum absolute atomic E-state index is 0.0747. The largest absolute Gasteiger partial charge is 0.376 e. The molecule has 0 unspecified atom stereocenters. The number of ether oxygens (including phenoxy) is 1. The Morgan fingerprint density at radius 3 is 3.00 bits per heavy atom. The first-order valence-electron chi connectivity index (χ1n) is 8.41. The maximum absolute atomic E-state index is 13.2. The van der Waals surface area contributed by atoms with Gasteiger partial charge in [0.1, 0.15) is 5.82 Å². The molecule has 0 saturated carbocycles. The highest BCUT2D eigenvalue weighted by Gasteiger charge is 2.21. The highest BCUT2D eigenvalue weighted by atomic mass is 32.2. The number of halogens is 1. The van der Waals surface area contributed by atoms with Crippen LogP contribution >= 0.6 is 0 Å². The minimum Gasteiger partial charge on any atom is -0.376 e. The van der Waals surface area contributed by atoms with Gasteiger partial charge in [-0.05, 0) is 24.6 Å². The maximum Gasteiger partial charge on any atom is 0.240 e. The molecule has 1 aliphatic heterocycles. The number of benzene rings is 1. The molecule has 1 N–H and O–H groups in total. The average molecular weight is 367 g/mol. The number of aromatic nitrogens is 2. The van der Waals surface area contributed by atoms with Crippen LogP contribution in [0.25, 0.3) is 0 Å². The summed E-state index contributed by atoms with van der Waals surface area (Å²) in [6.07, 6.45) is 2.29. The van der Waals surface area contributed by atoms with Gasteiger partial charge in [-0.25, -0.2) is 17.5 Å². The zero-order chi connectivity index (χ0) is 17.9. The van der Waals surface area contributed by atoms with Crippen molar-refractivity contribution in [3.05, 3.63) is 47.0 Å². The van der Waals surface area contributed by atoms with Gasteiger partial charge < -0.3 is 4.74 Å². The van der Waals surface area contributed by atoms with Crippen molar-refractivity contribution in [2.45, 2.75) is 44.2 Å². The van der Waals surface area contributed by atoms with E-state index in [1.54, 1.807) is 0 Å². The number of sulfonamides is 1. The molecular formula is C17H22FN3O3S. The van der Waals surface area contributed by atoms with E-state index >= 15 is 0 Å². The zero-order valence-electron chi connectivity index (χ0n) is 14.2. The fourth-order valence-electron chi connectivity index (χ4n) is 3.00. The van der Waals surface area contributed by atoms with Gasteiger partial charge in [-0.15, -0.1) is 0 Å². The molecule has 8 heteroatoms. The topological polar surface area (TPSA) is 73.2 Å². The number of hydrogen-bond donors (Lipinski definition) is 1. The van der Waals surface area contributed by atoms with Crippen LogP contribution in [-0.2, 0) is 40.8 Å². The molecule has 0 bridgehead atoms. The molecule has 1 aromatic heterocycles. The predicted octanol–water partition coefficient (Wildman–Crippen LogP) is 2.03. The van der Waals surface area contributed by atoms with Crippen LogP contribution in [0, 0.1) is 5.82 Å². The number of nitrogens with one attached hydrogen (secondary N) is 1. The van der Waals surface area contributed by atoms with E-state index in [4.69, 9.17) is 4.74 Å². The predicted molar refractivity (Wildman–Crippen MR) is 91.2 cm³/mol. The molecule has 2 heterocycles. The van der Waals surface area contributed by atoms with Crippen molar-refractivity contribution < 1.29 is 17.5 Å². The Kier molecular flexibility index (Phi) is 5.51. The van der Waals surface area contributed by atoms with E-state index in [9.17, 15) is 12.8 Å². The third kappa shape index (κ3) is 4.08. The Hall–Kier alpha value is -1.77. The van der Waals surface area contributed by atoms with Crippen molar-refractivity contribution in [2.24, 2.45) is 0 Å². The summed E-state index contributed by atoms with van der Waals surface area (Å²) < 4.78 is 47.8. The van der Waals surface area contributed by atoms with Gasteiger partial charge in [-0.1, -0.05) is 13.0 Å². The van der Waals surface area contributed by atoms with Crippen molar-refractivity contribution in [1.82, 2.24) is 14.5 Å². The molecule has 25 heavy (non-hydrogen) atoms. The van der Waals surface area contributed by atoms with Crippen LogP contribution in [0.5, 0.6) is 0 Å². The van der Waals surface area contributed by atoms with Crippen molar-refractivity contribution >= 4 is 10.0 Å². The highest BCUT2D eigenvalue weighted by Crippen LogP contribution is 2.21. The van der Waals surface area contributed by atoms with Crippen LogP contribution in [0.1, 0.15) is 30.3 Å². The van der Waals surface area contributed by atoms with Crippen molar-refractivity contribution in [3.63, 3.8) is 0 Å². The lowest BCUT2D eigenvalue weighted by molar-refractivity contribution is 0.108. The molecule has 0 spiro atoms. The van der Waals surface area contributed by atoms with Crippen LogP contribution < -0.4 is 4.72 Å². The first-order chi connectivity index (χ1) is 12.0. The second-order valence-corrected chi connectivity index (χ2v) is 7.77. The van der Waals surface area contributed by atoms with Gasteiger partial charge in [-0.3, -0.25) is 4.68 Å². The fraction of sp³-hybridized carbons (Fsp3) is 0.471. The van der Waals surface area contributed by atoms with Gasteiger partial charge in [0.05, 0.1) is 23.8 Å². The minimum atomic E-state index is -3.73. The summed E-state index contributed by atoms with van der Waals surface area (Å²) in [5.41, 5.74) is 3.13. The van der Waals surface area contributed by atoms with E-state index in [0.29, 0.717) is 19.6 Å². The van der Waals surface area contributed by atoms with Gasteiger partial charge in [0.2, 0.25) is 10.0 Å². The van der Waals surface area contributed by atoms with Crippen molar-refractivity contribution in [1.29, 1.82) is 0 Å². The van der Waals surface area contributed by atoms with Gasteiger partial charge >= 0.3 is 0 Å². The van der Waals surface area contributed by atoms with E-state index in [2.05, 4.69) is 16.7 Å².